The fourth-order valence-corrected chi connectivity index (χ4v) is 4.15. The molecule has 6 nitrogen and oxygen atoms in total. The third-order valence-corrected chi connectivity index (χ3v) is 5.00. The molecule has 22 heavy (non-hydrogen) atoms. The highest BCUT2D eigenvalue weighted by atomic mass is 32.2. The highest BCUT2D eigenvalue weighted by Crippen LogP contribution is 2.34. The lowest BCUT2D eigenvalue weighted by molar-refractivity contribution is -0.136. The summed E-state index contributed by atoms with van der Waals surface area (Å²) in [4.78, 5) is 26.3. The Morgan fingerprint density at radius 2 is 2.14 bits per heavy atom. The molecule has 0 saturated carbocycles. The first kappa shape index (κ1) is 16.9. The number of nitrogens with one attached hydrogen (secondary N) is 1. The average Bonchev–Trinajstić information content (AvgIpc) is 2.57. The molecule has 0 aromatic carbocycles. The van der Waals surface area contributed by atoms with E-state index in [-0.39, 0.29) is 17.3 Å². The van der Waals surface area contributed by atoms with Crippen molar-refractivity contribution in [3.05, 3.63) is 0 Å². The number of alkyl carbamates (subject to hydrolysis) is 1. The molecule has 2 saturated heterocycles. The number of piperidine rings is 1. The Labute approximate surface area is 135 Å². The molecule has 7 heteroatoms. The summed E-state index contributed by atoms with van der Waals surface area (Å²) >= 11 is 1.70. The van der Waals surface area contributed by atoms with Crippen LogP contribution >= 0.6 is 11.8 Å². The van der Waals surface area contributed by atoms with Crippen LogP contribution in [0.25, 0.3) is 0 Å². The zero-order valence-corrected chi connectivity index (χ0v) is 14.1. The molecular weight excluding hydrogens is 302 g/mol. The quantitative estimate of drug-likeness (QED) is 0.799. The van der Waals surface area contributed by atoms with Crippen molar-refractivity contribution in [1.29, 1.82) is 5.26 Å². The van der Waals surface area contributed by atoms with Crippen LogP contribution in [-0.4, -0.2) is 45.7 Å². The number of carbonyl (C=O) groups is 2. The number of fused-ring (bicyclic) bond motifs is 1. The van der Waals surface area contributed by atoms with E-state index < -0.39 is 17.7 Å². The van der Waals surface area contributed by atoms with Crippen LogP contribution in [0.3, 0.4) is 0 Å². The van der Waals surface area contributed by atoms with Gasteiger partial charge in [0.15, 0.2) is 0 Å². The topological polar surface area (TPSA) is 82.4 Å². The molecule has 3 atom stereocenters. The Morgan fingerprint density at radius 1 is 1.41 bits per heavy atom. The molecule has 2 rings (SSSR count). The van der Waals surface area contributed by atoms with E-state index in [4.69, 9.17) is 4.74 Å². The SMILES string of the molecule is CC(C)(C)OC(=O)N[C@H]1CCS[C@H]2CCC[C@@H](C#N)N2C1=O. The largest absolute Gasteiger partial charge is 0.444 e. The maximum absolute atomic E-state index is 12.7. The van der Waals surface area contributed by atoms with E-state index in [2.05, 4.69) is 11.4 Å². The normalized spacial score (nSPS) is 29.1. The van der Waals surface area contributed by atoms with Crippen molar-refractivity contribution in [1.82, 2.24) is 10.2 Å². The van der Waals surface area contributed by atoms with Gasteiger partial charge in [0.2, 0.25) is 5.91 Å². The summed E-state index contributed by atoms with van der Waals surface area (Å²) in [6, 6.07) is 1.22. The summed E-state index contributed by atoms with van der Waals surface area (Å²) in [5.74, 6) is 0.623. The lowest BCUT2D eigenvalue weighted by Gasteiger charge is -2.38. The van der Waals surface area contributed by atoms with Gasteiger partial charge < -0.3 is 15.0 Å². The highest BCUT2D eigenvalue weighted by Gasteiger charge is 2.40. The second-order valence-corrected chi connectivity index (χ2v) is 7.92. The summed E-state index contributed by atoms with van der Waals surface area (Å²) in [5, 5.41) is 12.0. The van der Waals surface area contributed by atoms with Crippen molar-refractivity contribution in [2.75, 3.05) is 5.75 Å². The van der Waals surface area contributed by atoms with Crippen LogP contribution in [0.15, 0.2) is 0 Å². The molecule has 2 aliphatic rings. The first-order valence-corrected chi connectivity index (χ1v) is 8.69. The number of hydrogen-bond acceptors (Lipinski definition) is 5. The minimum absolute atomic E-state index is 0.0522. The van der Waals surface area contributed by atoms with Crippen LogP contribution in [0.1, 0.15) is 46.5 Å². The van der Waals surface area contributed by atoms with Crippen molar-refractivity contribution >= 4 is 23.8 Å². The number of carbonyl (C=O) groups excluding carboxylic acids is 2. The molecule has 2 fully saturated rings. The van der Waals surface area contributed by atoms with Gasteiger partial charge in [-0.25, -0.2) is 4.79 Å². The van der Waals surface area contributed by atoms with Crippen LogP contribution in [-0.2, 0) is 9.53 Å². The molecule has 0 aromatic rings. The van der Waals surface area contributed by atoms with E-state index in [1.807, 2.05) is 0 Å². The number of nitriles is 1. The van der Waals surface area contributed by atoms with E-state index >= 15 is 0 Å². The lowest BCUT2D eigenvalue weighted by atomic mass is 10.0. The van der Waals surface area contributed by atoms with Crippen LogP contribution in [0.5, 0.6) is 0 Å². The van der Waals surface area contributed by atoms with Gasteiger partial charge in [0.05, 0.1) is 11.4 Å². The number of ether oxygens (including phenoxy) is 1. The average molecular weight is 325 g/mol. The second-order valence-electron chi connectivity index (χ2n) is 6.63. The van der Waals surface area contributed by atoms with Crippen LogP contribution in [0.4, 0.5) is 4.79 Å². The van der Waals surface area contributed by atoms with Crippen molar-refractivity contribution in [2.24, 2.45) is 0 Å². The molecule has 0 radical (unpaired) electrons. The molecular formula is C15H23N3O3S. The standard InChI is InChI=1S/C15H23N3O3S/c1-15(2,3)21-14(20)17-11-7-8-22-12-6-4-5-10(9-16)18(12)13(11)19/h10-12H,4-8H2,1-3H3,(H,17,20)/t10-,11-,12-/m0/s1. The number of hydrogen-bond donors (Lipinski definition) is 1. The fraction of sp³-hybridized carbons (Fsp3) is 0.800. The smallest absolute Gasteiger partial charge is 0.408 e. The summed E-state index contributed by atoms with van der Waals surface area (Å²) in [5.41, 5.74) is -0.602. The second kappa shape index (κ2) is 6.78. The van der Waals surface area contributed by atoms with Crippen LogP contribution in [0, 0.1) is 11.3 Å². The molecule has 0 aliphatic carbocycles. The molecule has 2 aliphatic heterocycles. The fourth-order valence-electron chi connectivity index (χ4n) is 2.76. The van der Waals surface area contributed by atoms with Gasteiger partial charge >= 0.3 is 6.09 Å². The molecule has 2 heterocycles. The zero-order valence-electron chi connectivity index (χ0n) is 13.3. The Hall–Kier alpha value is -1.42. The van der Waals surface area contributed by atoms with Gasteiger partial charge in [-0.15, -0.1) is 11.8 Å². The van der Waals surface area contributed by atoms with Gasteiger partial charge in [-0.3, -0.25) is 4.79 Å². The van der Waals surface area contributed by atoms with Gasteiger partial charge in [-0.1, -0.05) is 0 Å². The monoisotopic (exact) mass is 325 g/mol. The third-order valence-electron chi connectivity index (χ3n) is 3.68. The van der Waals surface area contributed by atoms with E-state index in [0.717, 1.165) is 18.6 Å². The molecule has 0 aromatic heterocycles. The molecule has 122 valence electrons. The first-order valence-electron chi connectivity index (χ1n) is 7.65. The van der Waals surface area contributed by atoms with Gasteiger partial charge in [0.1, 0.15) is 17.7 Å². The van der Waals surface area contributed by atoms with Gasteiger partial charge in [-0.2, -0.15) is 5.26 Å². The van der Waals surface area contributed by atoms with Crippen molar-refractivity contribution in [3.8, 4) is 6.07 Å². The minimum Gasteiger partial charge on any atom is -0.444 e. The summed E-state index contributed by atoms with van der Waals surface area (Å²) in [6.45, 7) is 5.34. The third kappa shape index (κ3) is 4.07. The Morgan fingerprint density at radius 3 is 2.77 bits per heavy atom. The number of amides is 2. The number of thioether (sulfide) groups is 1. The summed E-state index contributed by atoms with van der Waals surface area (Å²) in [6.07, 6.45) is 2.56. The maximum Gasteiger partial charge on any atom is 0.408 e. The Kier molecular flexibility index (Phi) is 5.22. The molecule has 0 spiro atoms. The molecule has 0 bridgehead atoms. The number of rotatable bonds is 1. The predicted molar refractivity (Wildman–Crippen MR) is 84.1 cm³/mol. The Balaban J connectivity index is 2.08. The van der Waals surface area contributed by atoms with Gasteiger partial charge in [0.25, 0.3) is 0 Å². The van der Waals surface area contributed by atoms with E-state index in [1.54, 1.807) is 37.4 Å². The minimum atomic E-state index is -0.610. The lowest BCUT2D eigenvalue weighted by Crippen LogP contribution is -2.55. The van der Waals surface area contributed by atoms with Crippen LogP contribution < -0.4 is 5.32 Å². The molecule has 2 amide bonds. The summed E-state index contributed by atoms with van der Waals surface area (Å²) < 4.78 is 5.23. The van der Waals surface area contributed by atoms with Crippen molar-refractivity contribution in [2.45, 2.75) is 69.5 Å². The van der Waals surface area contributed by atoms with E-state index in [9.17, 15) is 14.9 Å². The predicted octanol–water partition coefficient (Wildman–Crippen LogP) is 2.25. The van der Waals surface area contributed by atoms with Crippen LogP contribution in [0.2, 0.25) is 0 Å². The zero-order chi connectivity index (χ0) is 16.3. The molecule has 1 N–H and O–H groups in total. The Bertz CT molecular complexity index is 483. The first-order chi connectivity index (χ1) is 10.3. The number of nitrogens with zero attached hydrogens (tertiary/aromatic N) is 2. The molecule has 0 unspecified atom stereocenters. The highest BCUT2D eigenvalue weighted by molar-refractivity contribution is 7.99. The van der Waals surface area contributed by atoms with E-state index in [1.165, 1.54) is 0 Å². The van der Waals surface area contributed by atoms with Crippen molar-refractivity contribution in [3.63, 3.8) is 0 Å². The van der Waals surface area contributed by atoms with Crippen molar-refractivity contribution < 1.29 is 14.3 Å². The van der Waals surface area contributed by atoms with Gasteiger partial charge in [0, 0.05) is 0 Å². The van der Waals surface area contributed by atoms with E-state index in [0.29, 0.717) is 12.8 Å². The maximum atomic E-state index is 12.7. The van der Waals surface area contributed by atoms with Gasteiger partial charge in [-0.05, 0) is 52.2 Å². The summed E-state index contributed by atoms with van der Waals surface area (Å²) in [7, 11) is 0.